The number of nitrogens with zero attached hydrogens (tertiary/aromatic N) is 4. The van der Waals surface area contributed by atoms with Crippen LogP contribution in [-0.2, 0) is 0 Å². The Morgan fingerprint density at radius 2 is 1.71 bits per heavy atom. The highest BCUT2D eigenvalue weighted by atomic mass is 79.9. The van der Waals surface area contributed by atoms with E-state index in [2.05, 4.69) is 41.9 Å². The Kier molecular flexibility index (Phi) is 7.68. The van der Waals surface area contributed by atoms with Crippen LogP contribution in [-0.4, -0.2) is 46.2 Å². The Labute approximate surface area is 209 Å². The standard InChI is InChI=1S/C24H19BrN5O5/c1-32-18-7-2-3-8-19(18)35-20-12-16(22(26)31)21(17-6-4-5-9-27-17)30-23(20)33-10-11-34-24-28-13-15(25)14-29-24/h2-9,13-14H,10-11H2,1H3,(H2,26,31). The molecule has 3 heterocycles. The van der Waals surface area contributed by atoms with E-state index in [1.54, 1.807) is 61.1 Å². The Morgan fingerprint density at radius 3 is 2.40 bits per heavy atom. The fraction of sp³-hybridized carbons (Fsp3) is 0.125. The Morgan fingerprint density at radius 1 is 1.00 bits per heavy atom. The van der Waals surface area contributed by atoms with Crippen LogP contribution < -0.4 is 24.7 Å². The molecule has 0 aliphatic rings. The molecule has 11 heteroatoms. The second-order valence-electron chi connectivity index (χ2n) is 6.81. The first-order valence-electron chi connectivity index (χ1n) is 10.3. The molecule has 0 aliphatic heterocycles. The van der Waals surface area contributed by atoms with Crippen LogP contribution in [0.3, 0.4) is 0 Å². The van der Waals surface area contributed by atoms with Crippen LogP contribution in [0.5, 0.6) is 29.1 Å². The van der Waals surface area contributed by atoms with E-state index < -0.39 is 5.91 Å². The fourth-order valence-corrected chi connectivity index (χ4v) is 3.13. The van der Waals surface area contributed by atoms with E-state index in [-0.39, 0.29) is 42.1 Å². The highest BCUT2D eigenvalue weighted by Gasteiger charge is 2.21. The monoisotopic (exact) mass is 536 g/mol. The molecule has 0 atom stereocenters. The minimum absolute atomic E-state index is 0.000426. The summed E-state index contributed by atoms with van der Waals surface area (Å²) >= 11 is 3.27. The maximum Gasteiger partial charge on any atom is 0.316 e. The van der Waals surface area contributed by atoms with Crippen molar-refractivity contribution in [3.05, 3.63) is 77.2 Å². The fourth-order valence-electron chi connectivity index (χ4n) is 2.93. The van der Waals surface area contributed by atoms with Gasteiger partial charge in [0.25, 0.3) is 11.8 Å². The zero-order valence-corrected chi connectivity index (χ0v) is 20.1. The predicted molar refractivity (Wildman–Crippen MR) is 129 cm³/mol. The van der Waals surface area contributed by atoms with E-state index in [0.29, 0.717) is 17.2 Å². The van der Waals surface area contributed by atoms with Crippen molar-refractivity contribution in [3.8, 4) is 40.5 Å². The number of hydrogen-bond acceptors (Lipinski definition) is 9. The summed E-state index contributed by atoms with van der Waals surface area (Å²) in [4.78, 5) is 29.1. The Balaban J connectivity index is 1.65. The van der Waals surface area contributed by atoms with Crippen molar-refractivity contribution in [2.45, 2.75) is 0 Å². The lowest BCUT2D eigenvalue weighted by Crippen LogP contribution is -2.16. The van der Waals surface area contributed by atoms with Gasteiger partial charge in [0.1, 0.15) is 18.9 Å². The lowest BCUT2D eigenvalue weighted by atomic mass is 10.1. The number of rotatable bonds is 10. The summed E-state index contributed by atoms with van der Waals surface area (Å²) < 4.78 is 23.4. The largest absolute Gasteiger partial charge is 0.493 e. The molecular weight excluding hydrogens is 518 g/mol. The predicted octanol–water partition coefficient (Wildman–Crippen LogP) is 3.85. The molecular formula is C24H19BrN5O5. The average molecular weight is 537 g/mol. The van der Waals surface area contributed by atoms with Crippen LogP contribution in [0.2, 0.25) is 0 Å². The third kappa shape index (κ3) is 6.01. The topological polar surface area (TPSA) is 132 Å². The van der Waals surface area contributed by atoms with Crippen LogP contribution in [0.25, 0.3) is 11.4 Å². The number of carbonyl (C=O) groups excluding carboxylic acids is 1. The normalized spacial score (nSPS) is 10.5. The Bertz CT molecular complexity index is 1310. The van der Waals surface area contributed by atoms with Crippen molar-refractivity contribution < 1.29 is 23.7 Å². The summed E-state index contributed by atoms with van der Waals surface area (Å²) in [7, 11) is 1.52. The Hall–Kier alpha value is -4.25. The first-order chi connectivity index (χ1) is 17.0. The van der Waals surface area contributed by atoms with E-state index in [9.17, 15) is 4.79 Å². The third-order valence-electron chi connectivity index (χ3n) is 4.47. The minimum Gasteiger partial charge on any atom is -0.493 e. The van der Waals surface area contributed by atoms with Gasteiger partial charge in [-0.1, -0.05) is 18.2 Å². The van der Waals surface area contributed by atoms with E-state index in [1.165, 1.54) is 7.11 Å². The zero-order chi connectivity index (χ0) is 24.6. The molecule has 2 N–H and O–H groups in total. The van der Waals surface area contributed by atoms with E-state index in [4.69, 9.17) is 24.7 Å². The summed E-state index contributed by atoms with van der Waals surface area (Å²) in [6, 6.07) is 15.3. The number of nitrogens with two attached hydrogens (primary N) is 1. The van der Waals surface area contributed by atoms with Gasteiger partial charge in [0.2, 0.25) is 0 Å². The molecule has 4 rings (SSSR count). The van der Waals surface area contributed by atoms with Gasteiger partial charge in [-0.2, -0.15) is 0 Å². The quantitative estimate of drug-likeness (QED) is 0.300. The third-order valence-corrected chi connectivity index (χ3v) is 4.88. The van der Waals surface area contributed by atoms with Gasteiger partial charge in [0.15, 0.2) is 17.2 Å². The number of amides is 1. The molecule has 1 radical (unpaired) electrons. The molecule has 0 fully saturated rings. The van der Waals surface area contributed by atoms with Crippen LogP contribution in [0.15, 0.2) is 65.5 Å². The van der Waals surface area contributed by atoms with Crippen molar-refractivity contribution >= 4 is 21.8 Å². The number of hydrogen-bond donors (Lipinski definition) is 1. The maximum atomic E-state index is 12.2. The molecule has 4 aromatic rings. The van der Waals surface area contributed by atoms with Gasteiger partial charge < -0.3 is 24.7 Å². The number of benzene rings is 1. The second kappa shape index (κ2) is 11.3. The lowest BCUT2D eigenvalue weighted by molar-refractivity contribution is 0.0999. The lowest BCUT2D eigenvalue weighted by Gasteiger charge is -2.16. The summed E-state index contributed by atoms with van der Waals surface area (Å²) in [5, 5.41) is 0. The van der Waals surface area contributed by atoms with E-state index in [1.807, 2.05) is 0 Å². The molecule has 0 saturated heterocycles. The summed E-state index contributed by atoms with van der Waals surface area (Å²) in [6.45, 7) is 0.189. The summed E-state index contributed by atoms with van der Waals surface area (Å²) in [5.41, 5.74) is 6.25. The van der Waals surface area contributed by atoms with Crippen molar-refractivity contribution in [3.63, 3.8) is 0 Å². The maximum absolute atomic E-state index is 12.2. The molecule has 35 heavy (non-hydrogen) atoms. The highest BCUT2D eigenvalue weighted by Crippen LogP contribution is 2.37. The molecule has 1 amide bonds. The number of ether oxygens (including phenoxy) is 4. The molecule has 3 aromatic heterocycles. The number of carbonyl (C=O) groups is 1. The SMILES string of the molecule is COc1ccccc1Oc1[c]c(C(N)=O)c(-c2ccccn2)nc1OCCOc1ncc(Br)cn1. The number of aromatic nitrogens is 4. The number of methoxy groups -OCH3 is 1. The minimum atomic E-state index is -0.745. The van der Waals surface area contributed by atoms with Crippen molar-refractivity contribution in [1.29, 1.82) is 0 Å². The first kappa shape index (κ1) is 23.9. The first-order valence-corrected chi connectivity index (χ1v) is 11.1. The number of pyridine rings is 2. The van der Waals surface area contributed by atoms with Crippen LogP contribution in [0.4, 0.5) is 0 Å². The van der Waals surface area contributed by atoms with Crippen LogP contribution in [0.1, 0.15) is 10.4 Å². The zero-order valence-electron chi connectivity index (χ0n) is 18.5. The highest BCUT2D eigenvalue weighted by molar-refractivity contribution is 9.10. The number of primary amides is 1. The van der Waals surface area contributed by atoms with Gasteiger partial charge in [0.05, 0.1) is 22.8 Å². The van der Waals surface area contributed by atoms with Crippen molar-refractivity contribution in [2.75, 3.05) is 20.3 Å². The van der Waals surface area contributed by atoms with E-state index >= 15 is 0 Å². The van der Waals surface area contributed by atoms with Gasteiger partial charge in [-0.25, -0.2) is 15.0 Å². The molecule has 0 saturated carbocycles. The number of halogens is 1. The van der Waals surface area contributed by atoms with E-state index in [0.717, 1.165) is 4.47 Å². The molecule has 0 spiro atoms. The van der Waals surface area contributed by atoms with Crippen molar-refractivity contribution in [2.24, 2.45) is 5.73 Å². The van der Waals surface area contributed by atoms with Gasteiger partial charge in [0, 0.05) is 24.7 Å². The number of para-hydroxylation sites is 2. The molecule has 0 bridgehead atoms. The average Bonchev–Trinajstić information content (AvgIpc) is 2.88. The van der Waals surface area contributed by atoms with Gasteiger partial charge in [-0.05, 0) is 40.2 Å². The molecule has 0 unspecified atom stereocenters. The van der Waals surface area contributed by atoms with Gasteiger partial charge in [-0.15, -0.1) is 0 Å². The summed E-state index contributed by atoms with van der Waals surface area (Å²) in [5.74, 6) is 0.200. The van der Waals surface area contributed by atoms with Crippen LogP contribution >= 0.6 is 15.9 Å². The molecule has 177 valence electrons. The van der Waals surface area contributed by atoms with Crippen LogP contribution in [0, 0.1) is 6.07 Å². The molecule has 10 nitrogen and oxygen atoms in total. The summed E-state index contributed by atoms with van der Waals surface area (Å²) in [6.07, 6.45) is 4.72. The molecule has 0 aliphatic carbocycles. The second-order valence-corrected chi connectivity index (χ2v) is 7.72. The van der Waals surface area contributed by atoms with Gasteiger partial charge in [-0.3, -0.25) is 9.78 Å². The van der Waals surface area contributed by atoms with Crippen molar-refractivity contribution in [1.82, 2.24) is 19.9 Å². The molecule has 1 aromatic carbocycles. The van der Waals surface area contributed by atoms with Gasteiger partial charge >= 0.3 is 6.01 Å². The smallest absolute Gasteiger partial charge is 0.316 e.